The lowest BCUT2D eigenvalue weighted by Gasteiger charge is -2.34. The molecule has 0 amide bonds. The zero-order chi connectivity index (χ0) is 24.3. The van der Waals surface area contributed by atoms with Gasteiger partial charge in [0.2, 0.25) is 0 Å². The maximum Gasteiger partial charge on any atom is 0.534 e. The van der Waals surface area contributed by atoms with Crippen LogP contribution in [0.2, 0.25) is 0 Å². The average Bonchev–Trinajstić information content (AvgIpc) is 2.91. The number of carbonyl (C=O) groups excluding carboxylic acids is 1. The monoisotopic (exact) mass is 510 g/mol. The number of carbonyl (C=O) groups is 1. The minimum Gasteiger partial charge on any atom is -0.376 e. The van der Waals surface area contributed by atoms with E-state index in [1.807, 2.05) is 6.92 Å². The predicted molar refractivity (Wildman–Crippen MR) is 95.7 cm³/mol. The molecule has 1 aromatic carbocycles. The fourth-order valence-corrected chi connectivity index (χ4v) is 4.87. The van der Waals surface area contributed by atoms with Gasteiger partial charge in [-0.15, -0.1) is 0 Å². The fraction of sp³-hybridized carbons (Fsp3) is 0.588. The Morgan fingerprint density at radius 3 is 1.78 bits per heavy atom. The Morgan fingerprint density at radius 1 is 0.875 bits per heavy atom. The van der Waals surface area contributed by atoms with Gasteiger partial charge in [-0.05, 0) is 50.2 Å². The summed E-state index contributed by atoms with van der Waals surface area (Å²) in [5.74, 6) is -2.62. The number of hydrogen-bond acceptors (Lipinski definition) is 7. The molecule has 0 N–H and O–H groups in total. The third-order valence-corrected chi connectivity index (χ3v) is 7.58. The normalized spacial score (nSPS) is 24.5. The van der Waals surface area contributed by atoms with Gasteiger partial charge in [0.1, 0.15) is 5.75 Å². The van der Waals surface area contributed by atoms with E-state index in [0.717, 1.165) is 0 Å². The maximum absolute atomic E-state index is 13.2. The van der Waals surface area contributed by atoms with Gasteiger partial charge >= 0.3 is 31.3 Å². The lowest BCUT2D eigenvalue weighted by Crippen LogP contribution is -2.33. The van der Waals surface area contributed by atoms with E-state index in [0.29, 0.717) is 25.0 Å². The molecule has 15 heteroatoms. The SMILES string of the molecule is CC1CCC2(CC1)Cc1c(OS(=O)(=O)C(F)(F)F)ccc(OS(=O)(=O)C(F)(F)F)c1C2=O. The number of hydrogen-bond donors (Lipinski definition) is 0. The summed E-state index contributed by atoms with van der Waals surface area (Å²) in [6.45, 7) is 1.90. The maximum atomic E-state index is 13.2. The Balaban J connectivity index is 2.14. The highest BCUT2D eigenvalue weighted by molar-refractivity contribution is 7.88. The Morgan fingerprint density at radius 2 is 1.31 bits per heavy atom. The van der Waals surface area contributed by atoms with Crippen LogP contribution in [0.1, 0.15) is 48.5 Å². The molecule has 0 aliphatic heterocycles. The van der Waals surface area contributed by atoms with Gasteiger partial charge in [-0.2, -0.15) is 43.2 Å². The minimum atomic E-state index is -6.21. The summed E-state index contributed by atoms with van der Waals surface area (Å²) in [7, 11) is -12.4. The average molecular weight is 510 g/mol. The molecule has 180 valence electrons. The summed E-state index contributed by atoms with van der Waals surface area (Å²) in [5.41, 5.74) is -14.1. The van der Waals surface area contributed by atoms with Crippen LogP contribution in [0.4, 0.5) is 26.3 Å². The topological polar surface area (TPSA) is 104 Å². The molecule has 0 bridgehead atoms. The number of ketones is 1. The zero-order valence-corrected chi connectivity index (χ0v) is 17.8. The molecule has 1 spiro atoms. The molecule has 0 saturated heterocycles. The summed E-state index contributed by atoms with van der Waals surface area (Å²) in [6.07, 6.45) is 1.15. The molecule has 0 radical (unpaired) electrons. The van der Waals surface area contributed by atoms with Crippen LogP contribution in [0.15, 0.2) is 12.1 Å². The van der Waals surface area contributed by atoms with Crippen LogP contribution in [0.3, 0.4) is 0 Å². The lowest BCUT2D eigenvalue weighted by molar-refractivity contribution is -0.0506. The minimum absolute atomic E-state index is 0.208. The van der Waals surface area contributed by atoms with E-state index in [1.54, 1.807) is 0 Å². The Hall–Kier alpha value is -2.03. The Bertz CT molecular complexity index is 1150. The van der Waals surface area contributed by atoms with Crippen LogP contribution in [0.5, 0.6) is 11.5 Å². The fourth-order valence-electron chi connectivity index (χ4n) is 3.91. The summed E-state index contributed by atoms with van der Waals surface area (Å²) in [5, 5.41) is 0. The van der Waals surface area contributed by atoms with Crippen molar-refractivity contribution in [3.05, 3.63) is 23.3 Å². The third-order valence-electron chi connectivity index (χ3n) is 5.65. The predicted octanol–water partition coefficient (Wildman–Crippen LogP) is 4.08. The van der Waals surface area contributed by atoms with Crippen molar-refractivity contribution in [3.63, 3.8) is 0 Å². The second kappa shape index (κ2) is 7.50. The second-order valence-corrected chi connectivity index (χ2v) is 10.9. The second-order valence-electron chi connectivity index (χ2n) is 7.85. The quantitative estimate of drug-likeness (QED) is 0.342. The molecule has 0 unspecified atom stereocenters. The molecule has 7 nitrogen and oxygen atoms in total. The van der Waals surface area contributed by atoms with Crippen molar-refractivity contribution in [1.82, 2.24) is 0 Å². The summed E-state index contributed by atoms with van der Waals surface area (Å²) in [4.78, 5) is 13.2. The highest BCUT2D eigenvalue weighted by Gasteiger charge is 2.54. The van der Waals surface area contributed by atoms with Crippen molar-refractivity contribution in [2.45, 2.75) is 50.0 Å². The Labute approximate surface area is 178 Å². The first-order valence-electron chi connectivity index (χ1n) is 9.12. The molecular weight excluding hydrogens is 494 g/mol. The van der Waals surface area contributed by atoms with E-state index >= 15 is 0 Å². The number of fused-ring (bicyclic) bond motifs is 1. The van der Waals surface area contributed by atoms with Crippen LogP contribution >= 0.6 is 0 Å². The third kappa shape index (κ3) is 4.16. The number of halogens is 6. The molecule has 1 fully saturated rings. The van der Waals surface area contributed by atoms with Crippen molar-refractivity contribution in [3.8, 4) is 11.5 Å². The van der Waals surface area contributed by atoms with Crippen LogP contribution in [-0.4, -0.2) is 33.6 Å². The first kappa shape index (κ1) is 24.6. The van der Waals surface area contributed by atoms with Gasteiger partial charge in [-0.3, -0.25) is 4.79 Å². The van der Waals surface area contributed by atoms with Gasteiger partial charge in [-0.25, -0.2) is 0 Å². The molecule has 0 heterocycles. The summed E-state index contributed by atoms with van der Waals surface area (Å²) < 4.78 is 131. The van der Waals surface area contributed by atoms with Gasteiger partial charge < -0.3 is 8.37 Å². The van der Waals surface area contributed by atoms with E-state index in [-0.39, 0.29) is 25.2 Å². The van der Waals surface area contributed by atoms with E-state index in [9.17, 15) is 48.0 Å². The molecule has 3 rings (SSSR count). The highest BCUT2D eigenvalue weighted by Crippen LogP contribution is 2.53. The van der Waals surface area contributed by atoms with Crippen molar-refractivity contribution < 1.29 is 56.3 Å². The van der Waals surface area contributed by atoms with Gasteiger partial charge in [0.25, 0.3) is 0 Å². The van der Waals surface area contributed by atoms with Crippen molar-refractivity contribution in [2.24, 2.45) is 11.3 Å². The first-order valence-corrected chi connectivity index (χ1v) is 11.9. The summed E-state index contributed by atoms with van der Waals surface area (Å²) >= 11 is 0. The van der Waals surface area contributed by atoms with Crippen molar-refractivity contribution in [2.75, 3.05) is 0 Å². The molecule has 32 heavy (non-hydrogen) atoms. The first-order chi connectivity index (χ1) is 14.4. The molecule has 1 saturated carbocycles. The number of Topliss-reactive ketones (excluding diaryl/α,β-unsaturated/α-hetero) is 1. The molecule has 0 atom stereocenters. The standard InChI is InChI=1S/C17H16F6O7S2/c1-9-4-6-15(7-5-9)8-10-11(29-31(25,26)16(18,19)20)2-3-12(13(10)14(15)24)30-32(27,28)17(21,22)23/h2-3,9H,4-8H2,1H3. The number of alkyl halides is 6. The molecule has 1 aromatic rings. The molecular formula is C17H16F6O7S2. The van der Waals surface area contributed by atoms with E-state index in [2.05, 4.69) is 8.37 Å². The number of benzene rings is 1. The van der Waals surface area contributed by atoms with Crippen molar-refractivity contribution in [1.29, 1.82) is 0 Å². The smallest absolute Gasteiger partial charge is 0.376 e. The largest absolute Gasteiger partial charge is 0.534 e. The van der Waals surface area contributed by atoms with E-state index in [1.165, 1.54) is 0 Å². The van der Waals surface area contributed by atoms with Crippen LogP contribution in [0, 0.1) is 11.3 Å². The van der Waals surface area contributed by atoms with Crippen LogP contribution in [0.25, 0.3) is 0 Å². The van der Waals surface area contributed by atoms with Crippen LogP contribution in [-0.2, 0) is 26.7 Å². The van der Waals surface area contributed by atoms with Gasteiger partial charge in [0, 0.05) is 11.0 Å². The zero-order valence-electron chi connectivity index (χ0n) is 16.2. The van der Waals surface area contributed by atoms with E-state index in [4.69, 9.17) is 0 Å². The number of rotatable bonds is 4. The Kier molecular flexibility index (Phi) is 5.77. The van der Waals surface area contributed by atoms with Gasteiger partial charge in [0.05, 0.1) is 5.56 Å². The van der Waals surface area contributed by atoms with Crippen molar-refractivity contribution >= 4 is 26.0 Å². The molecule has 2 aliphatic rings. The molecule has 0 aromatic heterocycles. The molecule has 2 aliphatic carbocycles. The van der Waals surface area contributed by atoms with E-state index < -0.39 is 65.1 Å². The van der Waals surface area contributed by atoms with Crippen LogP contribution < -0.4 is 8.37 Å². The highest BCUT2D eigenvalue weighted by atomic mass is 32.2. The van der Waals surface area contributed by atoms with Gasteiger partial charge in [0.15, 0.2) is 11.5 Å². The summed E-state index contributed by atoms with van der Waals surface area (Å²) in [6, 6.07) is 0.993. The van der Waals surface area contributed by atoms with Gasteiger partial charge in [-0.1, -0.05) is 6.92 Å². The lowest BCUT2D eigenvalue weighted by atomic mass is 9.68.